The molecule has 1 fully saturated rings. The Morgan fingerprint density at radius 2 is 2.19 bits per heavy atom. The van der Waals surface area contributed by atoms with Crippen molar-refractivity contribution in [2.24, 2.45) is 5.73 Å². The SMILES string of the molecule is C[C@H](N)Cc1c2n(c3ccc(OC4CC4)cc13)CCC2.Cl. The largest absolute Gasteiger partial charge is 0.490 e. The molecular weight excluding hydrogens is 284 g/mol. The summed E-state index contributed by atoms with van der Waals surface area (Å²) in [6, 6.07) is 6.80. The molecule has 2 aliphatic rings. The van der Waals surface area contributed by atoms with Crippen LogP contribution in [0.25, 0.3) is 10.9 Å². The molecule has 1 atom stereocenters. The molecule has 21 heavy (non-hydrogen) atoms. The fraction of sp³-hybridized carbons (Fsp3) is 0.529. The van der Waals surface area contributed by atoms with Gasteiger partial charge in [-0.3, -0.25) is 0 Å². The van der Waals surface area contributed by atoms with Gasteiger partial charge >= 0.3 is 0 Å². The number of rotatable bonds is 4. The molecule has 0 bridgehead atoms. The van der Waals surface area contributed by atoms with E-state index in [2.05, 4.69) is 29.7 Å². The zero-order valence-corrected chi connectivity index (χ0v) is 13.3. The van der Waals surface area contributed by atoms with Gasteiger partial charge in [0.15, 0.2) is 0 Å². The van der Waals surface area contributed by atoms with Crippen LogP contribution in [-0.4, -0.2) is 16.7 Å². The normalized spacial score (nSPS) is 18.4. The van der Waals surface area contributed by atoms with Gasteiger partial charge in [-0.05, 0) is 62.8 Å². The first-order valence-corrected chi connectivity index (χ1v) is 7.78. The van der Waals surface area contributed by atoms with E-state index in [0.29, 0.717) is 6.10 Å². The molecule has 1 aromatic carbocycles. The maximum Gasteiger partial charge on any atom is 0.120 e. The highest BCUT2D eigenvalue weighted by Crippen LogP contribution is 2.35. The third-order valence-electron chi connectivity index (χ3n) is 4.41. The van der Waals surface area contributed by atoms with E-state index < -0.39 is 0 Å². The smallest absolute Gasteiger partial charge is 0.120 e. The third-order valence-corrected chi connectivity index (χ3v) is 4.41. The Bertz CT molecular complexity index is 658. The summed E-state index contributed by atoms with van der Waals surface area (Å²) in [6.07, 6.45) is 6.28. The number of ether oxygens (including phenoxy) is 1. The summed E-state index contributed by atoms with van der Waals surface area (Å²) in [5.74, 6) is 1.02. The van der Waals surface area contributed by atoms with E-state index in [-0.39, 0.29) is 18.4 Å². The fourth-order valence-electron chi connectivity index (χ4n) is 3.40. The Hall–Kier alpha value is -1.19. The van der Waals surface area contributed by atoms with Crippen LogP contribution in [0.2, 0.25) is 0 Å². The Balaban J connectivity index is 0.00000132. The van der Waals surface area contributed by atoms with Crippen molar-refractivity contribution in [1.29, 1.82) is 0 Å². The predicted octanol–water partition coefficient (Wildman–Crippen LogP) is 3.44. The number of aryl methyl sites for hydroxylation is 1. The van der Waals surface area contributed by atoms with Gasteiger partial charge in [-0.25, -0.2) is 0 Å². The number of aromatic nitrogens is 1. The molecule has 1 aromatic heterocycles. The highest BCUT2D eigenvalue weighted by atomic mass is 35.5. The Labute approximate surface area is 131 Å². The number of nitrogens with zero attached hydrogens (tertiary/aromatic N) is 1. The highest BCUT2D eigenvalue weighted by molar-refractivity contribution is 5.87. The van der Waals surface area contributed by atoms with Crippen LogP contribution >= 0.6 is 12.4 Å². The van der Waals surface area contributed by atoms with Crippen LogP contribution in [0.1, 0.15) is 37.4 Å². The average Bonchev–Trinajstić information content (AvgIpc) is 3.00. The van der Waals surface area contributed by atoms with E-state index >= 15 is 0 Å². The molecule has 2 heterocycles. The van der Waals surface area contributed by atoms with Crippen molar-refractivity contribution < 1.29 is 4.74 Å². The van der Waals surface area contributed by atoms with Gasteiger partial charge in [-0.1, -0.05) is 0 Å². The zero-order chi connectivity index (χ0) is 13.7. The summed E-state index contributed by atoms with van der Waals surface area (Å²) in [4.78, 5) is 0. The third kappa shape index (κ3) is 2.65. The van der Waals surface area contributed by atoms with E-state index in [1.807, 2.05) is 0 Å². The molecule has 0 amide bonds. The summed E-state index contributed by atoms with van der Waals surface area (Å²) in [6.45, 7) is 3.24. The van der Waals surface area contributed by atoms with Gasteiger partial charge in [-0.2, -0.15) is 0 Å². The second kappa shape index (κ2) is 5.54. The molecule has 4 heteroatoms. The minimum atomic E-state index is 0. The van der Waals surface area contributed by atoms with Gasteiger partial charge in [0.1, 0.15) is 5.75 Å². The van der Waals surface area contributed by atoms with Gasteiger partial charge < -0.3 is 15.0 Å². The van der Waals surface area contributed by atoms with Crippen LogP contribution in [0.5, 0.6) is 5.75 Å². The highest BCUT2D eigenvalue weighted by Gasteiger charge is 2.25. The molecule has 1 saturated carbocycles. The summed E-state index contributed by atoms with van der Waals surface area (Å²) in [7, 11) is 0. The standard InChI is InChI=1S/C17H22N2O.ClH/c1-11(18)9-14-15-10-13(20-12-4-5-12)6-7-17(15)19-8-2-3-16(14)19;/h6-7,10-12H,2-5,8-9,18H2,1H3;1H/t11-;/m0./s1. The van der Waals surface area contributed by atoms with Gasteiger partial charge in [0.05, 0.1) is 6.10 Å². The maximum atomic E-state index is 6.06. The van der Waals surface area contributed by atoms with E-state index in [1.165, 1.54) is 47.8 Å². The average molecular weight is 307 g/mol. The van der Waals surface area contributed by atoms with Crippen LogP contribution in [0.3, 0.4) is 0 Å². The van der Waals surface area contributed by atoms with Crippen molar-refractivity contribution in [2.45, 2.75) is 57.7 Å². The van der Waals surface area contributed by atoms with Crippen molar-refractivity contribution >= 4 is 23.3 Å². The molecule has 0 spiro atoms. The maximum absolute atomic E-state index is 6.06. The molecular formula is C17H23ClN2O. The molecule has 2 N–H and O–H groups in total. The van der Waals surface area contributed by atoms with Crippen LogP contribution < -0.4 is 10.5 Å². The van der Waals surface area contributed by atoms with Crippen LogP contribution in [-0.2, 0) is 19.4 Å². The first kappa shape index (κ1) is 14.7. The van der Waals surface area contributed by atoms with Gasteiger partial charge in [0, 0.05) is 29.2 Å². The number of fused-ring (bicyclic) bond motifs is 3. The fourth-order valence-corrected chi connectivity index (χ4v) is 3.40. The summed E-state index contributed by atoms with van der Waals surface area (Å²) >= 11 is 0. The van der Waals surface area contributed by atoms with E-state index in [0.717, 1.165) is 18.7 Å². The second-order valence-electron chi connectivity index (χ2n) is 6.36. The Morgan fingerprint density at radius 1 is 1.38 bits per heavy atom. The number of benzene rings is 1. The quantitative estimate of drug-likeness (QED) is 0.940. The molecule has 0 unspecified atom stereocenters. The Kier molecular flexibility index (Phi) is 3.89. The van der Waals surface area contributed by atoms with E-state index in [1.54, 1.807) is 0 Å². The van der Waals surface area contributed by atoms with Gasteiger partial charge in [0.2, 0.25) is 0 Å². The lowest BCUT2D eigenvalue weighted by molar-refractivity contribution is 0.303. The molecule has 1 aliphatic carbocycles. The van der Waals surface area contributed by atoms with Crippen molar-refractivity contribution in [3.63, 3.8) is 0 Å². The molecule has 1 aliphatic heterocycles. The molecule has 114 valence electrons. The lowest BCUT2D eigenvalue weighted by Gasteiger charge is -2.08. The minimum Gasteiger partial charge on any atom is -0.490 e. The number of nitrogens with two attached hydrogens (primary N) is 1. The first-order valence-electron chi connectivity index (χ1n) is 7.78. The van der Waals surface area contributed by atoms with E-state index in [9.17, 15) is 0 Å². The number of halogens is 1. The van der Waals surface area contributed by atoms with Crippen molar-refractivity contribution in [3.8, 4) is 5.75 Å². The van der Waals surface area contributed by atoms with E-state index in [4.69, 9.17) is 10.5 Å². The molecule has 0 radical (unpaired) electrons. The second-order valence-corrected chi connectivity index (χ2v) is 6.36. The van der Waals surface area contributed by atoms with Crippen LogP contribution in [0.4, 0.5) is 0 Å². The minimum absolute atomic E-state index is 0. The monoisotopic (exact) mass is 306 g/mol. The summed E-state index contributed by atoms with van der Waals surface area (Å²) in [5.41, 5.74) is 10.4. The number of hydrogen-bond acceptors (Lipinski definition) is 2. The predicted molar refractivity (Wildman–Crippen MR) is 88.5 cm³/mol. The lowest BCUT2D eigenvalue weighted by atomic mass is 10.0. The van der Waals surface area contributed by atoms with Crippen LogP contribution in [0.15, 0.2) is 18.2 Å². The van der Waals surface area contributed by atoms with Crippen molar-refractivity contribution in [2.75, 3.05) is 0 Å². The topological polar surface area (TPSA) is 40.2 Å². The zero-order valence-electron chi connectivity index (χ0n) is 12.5. The summed E-state index contributed by atoms with van der Waals surface area (Å²) in [5, 5.41) is 1.36. The Morgan fingerprint density at radius 3 is 2.90 bits per heavy atom. The summed E-state index contributed by atoms with van der Waals surface area (Å²) < 4.78 is 8.43. The van der Waals surface area contributed by atoms with Crippen LogP contribution in [0, 0.1) is 0 Å². The first-order chi connectivity index (χ1) is 9.72. The molecule has 0 saturated heterocycles. The molecule has 2 aromatic rings. The lowest BCUT2D eigenvalue weighted by Crippen LogP contribution is -2.18. The van der Waals surface area contributed by atoms with Gasteiger partial charge in [-0.15, -0.1) is 12.4 Å². The number of hydrogen-bond donors (Lipinski definition) is 1. The van der Waals surface area contributed by atoms with Gasteiger partial charge in [0.25, 0.3) is 0 Å². The van der Waals surface area contributed by atoms with Crippen molar-refractivity contribution in [3.05, 3.63) is 29.5 Å². The molecule has 3 nitrogen and oxygen atoms in total. The van der Waals surface area contributed by atoms with Crippen molar-refractivity contribution in [1.82, 2.24) is 4.57 Å². The molecule has 4 rings (SSSR count).